The van der Waals surface area contributed by atoms with Gasteiger partial charge >= 0.3 is 0 Å². The molecule has 4 nitrogen and oxygen atoms in total. The first-order chi connectivity index (χ1) is 8.64. The Morgan fingerprint density at radius 3 is 2.39 bits per heavy atom. The third kappa shape index (κ3) is 3.86. The van der Waals surface area contributed by atoms with Gasteiger partial charge in [-0.25, -0.2) is 9.97 Å². The van der Waals surface area contributed by atoms with Gasteiger partial charge in [0, 0.05) is 26.2 Å². The van der Waals surface area contributed by atoms with Crippen molar-refractivity contribution in [1.82, 2.24) is 9.97 Å². The van der Waals surface area contributed by atoms with Crippen LogP contribution in [0.4, 0.5) is 11.6 Å². The van der Waals surface area contributed by atoms with Gasteiger partial charge in [0.05, 0.1) is 0 Å². The van der Waals surface area contributed by atoms with Gasteiger partial charge in [0.1, 0.15) is 17.5 Å². The Kier molecular flexibility index (Phi) is 5.89. The second-order valence-electron chi connectivity index (χ2n) is 4.63. The Bertz CT molecular complexity index is 361. The number of nitrogens with zero attached hydrogens (tertiary/aromatic N) is 3. The van der Waals surface area contributed by atoms with Crippen LogP contribution in [0.5, 0.6) is 0 Å². The summed E-state index contributed by atoms with van der Waals surface area (Å²) in [5.41, 5.74) is 0. The molecule has 0 aliphatic rings. The predicted octanol–water partition coefficient (Wildman–Crippen LogP) is 3.09. The first-order valence-electron chi connectivity index (χ1n) is 6.92. The van der Waals surface area contributed by atoms with Crippen LogP contribution < -0.4 is 10.2 Å². The van der Waals surface area contributed by atoms with E-state index in [1.165, 1.54) is 12.8 Å². The molecular weight excluding hydrogens is 224 g/mol. The van der Waals surface area contributed by atoms with Gasteiger partial charge in [-0.05, 0) is 19.8 Å². The Labute approximate surface area is 111 Å². The third-order valence-electron chi connectivity index (χ3n) is 3.42. The van der Waals surface area contributed by atoms with Crippen molar-refractivity contribution >= 4 is 11.6 Å². The fourth-order valence-corrected chi connectivity index (χ4v) is 2.09. The molecule has 0 aliphatic carbocycles. The maximum atomic E-state index is 4.55. The summed E-state index contributed by atoms with van der Waals surface area (Å²) in [6.07, 6.45) is 2.44. The minimum absolute atomic E-state index is 0.734. The highest BCUT2D eigenvalue weighted by Crippen LogP contribution is 2.19. The summed E-state index contributed by atoms with van der Waals surface area (Å²) in [5.74, 6) is 3.47. The third-order valence-corrected chi connectivity index (χ3v) is 3.42. The fraction of sp³-hybridized carbons (Fsp3) is 0.714. The van der Waals surface area contributed by atoms with Gasteiger partial charge < -0.3 is 10.2 Å². The molecule has 0 bridgehead atoms. The number of anilines is 2. The summed E-state index contributed by atoms with van der Waals surface area (Å²) in [4.78, 5) is 11.2. The van der Waals surface area contributed by atoms with E-state index in [0.29, 0.717) is 0 Å². The number of rotatable bonds is 7. The van der Waals surface area contributed by atoms with E-state index in [1.807, 2.05) is 20.0 Å². The van der Waals surface area contributed by atoms with E-state index in [9.17, 15) is 0 Å². The van der Waals surface area contributed by atoms with Crippen molar-refractivity contribution in [3.05, 3.63) is 11.9 Å². The van der Waals surface area contributed by atoms with Crippen LogP contribution in [0.2, 0.25) is 0 Å². The number of nitrogens with one attached hydrogen (secondary N) is 1. The van der Waals surface area contributed by atoms with Gasteiger partial charge in [0.15, 0.2) is 0 Å². The van der Waals surface area contributed by atoms with E-state index in [-0.39, 0.29) is 0 Å². The lowest BCUT2D eigenvalue weighted by atomic mass is 10.0. The lowest BCUT2D eigenvalue weighted by Gasteiger charge is -2.26. The molecule has 0 aliphatic heterocycles. The molecule has 0 saturated carbocycles. The van der Waals surface area contributed by atoms with Crippen LogP contribution in [-0.4, -0.2) is 30.1 Å². The van der Waals surface area contributed by atoms with Crippen molar-refractivity contribution in [3.63, 3.8) is 0 Å². The summed E-state index contributed by atoms with van der Waals surface area (Å²) in [7, 11) is 1.89. The highest BCUT2D eigenvalue weighted by atomic mass is 15.2. The normalized spacial score (nSPS) is 10.8. The van der Waals surface area contributed by atoms with Crippen molar-refractivity contribution in [1.29, 1.82) is 0 Å². The van der Waals surface area contributed by atoms with Crippen LogP contribution in [0.3, 0.4) is 0 Å². The molecule has 0 aromatic carbocycles. The van der Waals surface area contributed by atoms with Crippen LogP contribution in [0.1, 0.15) is 39.4 Å². The minimum Gasteiger partial charge on any atom is -0.373 e. The molecule has 4 heteroatoms. The average Bonchev–Trinajstić information content (AvgIpc) is 2.39. The number of hydrogen-bond donors (Lipinski definition) is 1. The number of aromatic nitrogens is 2. The second kappa shape index (κ2) is 7.19. The smallest absolute Gasteiger partial charge is 0.134 e. The standard InChI is InChI=1S/C14H26N4/c1-6-12(7-2)10-18(8-3)14-9-13(15-5)16-11(4)17-14/h9,12H,6-8,10H2,1-5H3,(H,15,16,17). The quantitative estimate of drug-likeness (QED) is 0.807. The van der Waals surface area contributed by atoms with Crippen molar-refractivity contribution in [2.24, 2.45) is 5.92 Å². The molecule has 1 aromatic heterocycles. The zero-order valence-corrected chi connectivity index (χ0v) is 12.3. The molecule has 1 rings (SSSR count). The Morgan fingerprint density at radius 2 is 1.89 bits per heavy atom. The second-order valence-corrected chi connectivity index (χ2v) is 4.63. The Morgan fingerprint density at radius 1 is 1.22 bits per heavy atom. The Balaban J connectivity index is 2.90. The van der Waals surface area contributed by atoms with Crippen molar-refractivity contribution in [3.8, 4) is 0 Å². The topological polar surface area (TPSA) is 41.0 Å². The maximum Gasteiger partial charge on any atom is 0.134 e. The highest BCUT2D eigenvalue weighted by molar-refractivity contribution is 5.49. The minimum atomic E-state index is 0.734. The van der Waals surface area contributed by atoms with E-state index in [1.54, 1.807) is 0 Å². The summed E-state index contributed by atoms with van der Waals surface area (Å²) in [5, 5.41) is 3.09. The number of hydrogen-bond acceptors (Lipinski definition) is 4. The van der Waals surface area contributed by atoms with E-state index >= 15 is 0 Å². The molecule has 0 amide bonds. The maximum absolute atomic E-state index is 4.55. The van der Waals surface area contributed by atoms with E-state index < -0.39 is 0 Å². The van der Waals surface area contributed by atoms with Gasteiger partial charge in [0.25, 0.3) is 0 Å². The van der Waals surface area contributed by atoms with Crippen LogP contribution in [0.15, 0.2) is 6.07 Å². The molecule has 1 heterocycles. The molecule has 0 saturated heterocycles. The van der Waals surface area contributed by atoms with Gasteiger partial charge in [-0.1, -0.05) is 26.7 Å². The molecule has 0 unspecified atom stereocenters. The summed E-state index contributed by atoms with van der Waals surface area (Å²) in [6.45, 7) is 10.7. The molecule has 1 aromatic rings. The highest BCUT2D eigenvalue weighted by Gasteiger charge is 2.13. The van der Waals surface area contributed by atoms with Crippen LogP contribution >= 0.6 is 0 Å². The monoisotopic (exact) mass is 250 g/mol. The lowest BCUT2D eigenvalue weighted by molar-refractivity contribution is 0.484. The van der Waals surface area contributed by atoms with E-state index in [4.69, 9.17) is 0 Å². The van der Waals surface area contributed by atoms with Crippen LogP contribution in [0.25, 0.3) is 0 Å². The first kappa shape index (κ1) is 14.7. The molecule has 0 spiro atoms. The lowest BCUT2D eigenvalue weighted by Crippen LogP contribution is -2.30. The molecule has 0 fully saturated rings. The first-order valence-corrected chi connectivity index (χ1v) is 6.92. The summed E-state index contributed by atoms with van der Waals surface area (Å²) < 4.78 is 0. The number of aryl methyl sites for hydroxylation is 1. The predicted molar refractivity (Wildman–Crippen MR) is 78.3 cm³/mol. The molecule has 18 heavy (non-hydrogen) atoms. The van der Waals surface area contributed by atoms with Crippen LogP contribution in [0, 0.1) is 12.8 Å². The van der Waals surface area contributed by atoms with Crippen molar-refractivity contribution in [2.45, 2.75) is 40.5 Å². The van der Waals surface area contributed by atoms with Crippen molar-refractivity contribution in [2.75, 3.05) is 30.4 Å². The largest absolute Gasteiger partial charge is 0.373 e. The Hall–Kier alpha value is -1.32. The SMILES string of the molecule is CCC(CC)CN(CC)c1cc(NC)nc(C)n1. The molecule has 102 valence electrons. The zero-order valence-electron chi connectivity index (χ0n) is 12.3. The van der Waals surface area contributed by atoms with Gasteiger partial charge in [0.2, 0.25) is 0 Å². The molecular formula is C14H26N4. The van der Waals surface area contributed by atoms with Gasteiger partial charge in [-0.3, -0.25) is 0 Å². The van der Waals surface area contributed by atoms with Crippen molar-refractivity contribution < 1.29 is 0 Å². The van der Waals surface area contributed by atoms with E-state index in [0.717, 1.165) is 36.5 Å². The average molecular weight is 250 g/mol. The van der Waals surface area contributed by atoms with Crippen LogP contribution in [-0.2, 0) is 0 Å². The van der Waals surface area contributed by atoms with E-state index in [2.05, 4.69) is 41.0 Å². The summed E-state index contributed by atoms with van der Waals surface area (Å²) in [6, 6.07) is 2.03. The summed E-state index contributed by atoms with van der Waals surface area (Å²) >= 11 is 0. The van der Waals surface area contributed by atoms with Gasteiger partial charge in [-0.2, -0.15) is 0 Å². The molecule has 0 atom stereocenters. The van der Waals surface area contributed by atoms with Gasteiger partial charge in [-0.15, -0.1) is 0 Å². The molecule has 0 radical (unpaired) electrons. The molecule has 1 N–H and O–H groups in total. The zero-order chi connectivity index (χ0) is 13.5. The fourth-order valence-electron chi connectivity index (χ4n) is 2.09.